The zero-order valence-electron chi connectivity index (χ0n) is 12.7. The van der Waals surface area contributed by atoms with Gasteiger partial charge in [0, 0.05) is 12.2 Å². The molecule has 0 aliphatic carbocycles. The molecule has 21 heavy (non-hydrogen) atoms. The Kier molecular flexibility index (Phi) is 3.97. The summed E-state index contributed by atoms with van der Waals surface area (Å²) in [6.07, 6.45) is 0. The standard InChI is InChI=1S/C15H19N3O3/c1-5-18-12(7-10(3)16-18)8-17-11(4)6-9(2)13(14(17)19)15(20)21/h6-7H,5,8H2,1-4H3,(H,20,21). The highest BCUT2D eigenvalue weighted by molar-refractivity contribution is 5.88. The molecule has 112 valence electrons. The molecule has 2 heterocycles. The fraction of sp³-hybridized carbons (Fsp3) is 0.400. The second-order valence-corrected chi connectivity index (χ2v) is 5.13. The maximum atomic E-state index is 12.4. The van der Waals surface area contributed by atoms with Gasteiger partial charge in [0.1, 0.15) is 5.56 Å². The van der Waals surface area contributed by atoms with Gasteiger partial charge in [0.15, 0.2) is 0 Å². The lowest BCUT2D eigenvalue weighted by atomic mass is 10.1. The Balaban J connectivity index is 2.57. The maximum absolute atomic E-state index is 12.4. The van der Waals surface area contributed by atoms with Crippen LogP contribution in [0.1, 0.15) is 39.9 Å². The van der Waals surface area contributed by atoms with Crippen LogP contribution in [0.4, 0.5) is 0 Å². The van der Waals surface area contributed by atoms with Crippen LogP contribution in [0.25, 0.3) is 0 Å². The second kappa shape index (κ2) is 5.55. The third kappa shape index (κ3) is 2.74. The first kappa shape index (κ1) is 15.0. The van der Waals surface area contributed by atoms with Gasteiger partial charge in [-0.3, -0.25) is 9.48 Å². The number of carboxylic acids is 1. The fourth-order valence-corrected chi connectivity index (χ4v) is 2.55. The van der Waals surface area contributed by atoms with E-state index < -0.39 is 11.5 Å². The van der Waals surface area contributed by atoms with Gasteiger partial charge in [0.2, 0.25) is 0 Å². The Labute approximate surface area is 122 Å². The van der Waals surface area contributed by atoms with Crippen molar-refractivity contribution in [2.75, 3.05) is 0 Å². The van der Waals surface area contributed by atoms with Crippen LogP contribution in [0.3, 0.4) is 0 Å². The molecule has 0 fully saturated rings. The SMILES string of the molecule is CCn1nc(C)cc1Cn1c(C)cc(C)c(C(=O)O)c1=O. The van der Waals surface area contributed by atoms with Gasteiger partial charge < -0.3 is 9.67 Å². The molecule has 0 amide bonds. The van der Waals surface area contributed by atoms with Crippen LogP contribution in [0, 0.1) is 20.8 Å². The van der Waals surface area contributed by atoms with Gasteiger partial charge >= 0.3 is 5.97 Å². The van der Waals surface area contributed by atoms with E-state index in [0.717, 1.165) is 17.1 Å². The van der Waals surface area contributed by atoms with E-state index in [4.69, 9.17) is 0 Å². The van der Waals surface area contributed by atoms with Crippen LogP contribution in [-0.2, 0) is 13.1 Å². The van der Waals surface area contributed by atoms with E-state index >= 15 is 0 Å². The molecule has 6 nitrogen and oxygen atoms in total. The van der Waals surface area contributed by atoms with Gasteiger partial charge in [0.25, 0.3) is 5.56 Å². The molecule has 0 saturated heterocycles. The molecule has 1 N–H and O–H groups in total. The van der Waals surface area contributed by atoms with Crippen LogP contribution in [0.2, 0.25) is 0 Å². The first-order chi connectivity index (χ1) is 9.85. The number of aromatic carboxylic acids is 1. The van der Waals surface area contributed by atoms with Crippen molar-refractivity contribution in [1.29, 1.82) is 0 Å². The molecule has 0 radical (unpaired) electrons. The molecule has 6 heteroatoms. The van der Waals surface area contributed by atoms with E-state index in [1.54, 1.807) is 19.9 Å². The Morgan fingerprint density at radius 1 is 1.29 bits per heavy atom. The van der Waals surface area contributed by atoms with Crippen molar-refractivity contribution in [3.63, 3.8) is 0 Å². The van der Waals surface area contributed by atoms with Crippen molar-refractivity contribution < 1.29 is 9.90 Å². The summed E-state index contributed by atoms with van der Waals surface area (Å²) < 4.78 is 3.31. The van der Waals surface area contributed by atoms with Crippen molar-refractivity contribution >= 4 is 5.97 Å². The third-order valence-electron chi connectivity index (χ3n) is 3.52. The van der Waals surface area contributed by atoms with Gasteiger partial charge in [-0.25, -0.2) is 4.79 Å². The van der Waals surface area contributed by atoms with Crippen LogP contribution >= 0.6 is 0 Å². The molecule has 0 saturated carbocycles. The minimum Gasteiger partial charge on any atom is -0.477 e. The maximum Gasteiger partial charge on any atom is 0.341 e. The zero-order chi connectivity index (χ0) is 15.7. The third-order valence-corrected chi connectivity index (χ3v) is 3.52. The predicted octanol–water partition coefficient (Wildman–Crippen LogP) is 1.74. The van der Waals surface area contributed by atoms with Crippen LogP contribution in [0.15, 0.2) is 16.9 Å². The summed E-state index contributed by atoms with van der Waals surface area (Å²) in [6.45, 7) is 8.34. The average Bonchev–Trinajstić information content (AvgIpc) is 2.73. The van der Waals surface area contributed by atoms with Crippen molar-refractivity contribution in [3.05, 3.63) is 50.7 Å². The molecule has 0 aromatic carbocycles. The highest BCUT2D eigenvalue weighted by atomic mass is 16.4. The lowest BCUT2D eigenvalue weighted by Crippen LogP contribution is -2.30. The molecule has 0 aliphatic rings. The molecule has 2 rings (SSSR count). The summed E-state index contributed by atoms with van der Waals surface area (Å²) >= 11 is 0. The number of carbonyl (C=O) groups is 1. The summed E-state index contributed by atoms with van der Waals surface area (Å²) in [7, 11) is 0. The number of rotatable bonds is 4. The Morgan fingerprint density at radius 3 is 2.52 bits per heavy atom. The van der Waals surface area contributed by atoms with Crippen molar-refractivity contribution in [1.82, 2.24) is 14.3 Å². The lowest BCUT2D eigenvalue weighted by Gasteiger charge is -2.13. The quantitative estimate of drug-likeness (QED) is 0.930. The van der Waals surface area contributed by atoms with Gasteiger partial charge in [-0.15, -0.1) is 0 Å². The normalized spacial score (nSPS) is 10.9. The van der Waals surface area contributed by atoms with Gasteiger partial charge in [-0.2, -0.15) is 5.10 Å². The van der Waals surface area contributed by atoms with E-state index in [-0.39, 0.29) is 5.56 Å². The number of aryl methyl sites for hydroxylation is 4. The average molecular weight is 289 g/mol. The van der Waals surface area contributed by atoms with E-state index in [1.807, 2.05) is 24.6 Å². The minimum absolute atomic E-state index is 0.167. The number of hydrogen-bond donors (Lipinski definition) is 1. The topological polar surface area (TPSA) is 77.1 Å². The van der Waals surface area contributed by atoms with E-state index in [9.17, 15) is 14.7 Å². The van der Waals surface area contributed by atoms with Gasteiger partial charge in [0.05, 0.1) is 17.9 Å². The summed E-state index contributed by atoms with van der Waals surface area (Å²) in [5.41, 5.74) is 2.36. The molecule has 0 spiro atoms. The molecule has 0 aliphatic heterocycles. The van der Waals surface area contributed by atoms with Gasteiger partial charge in [-0.05, 0) is 45.4 Å². The first-order valence-corrected chi connectivity index (χ1v) is 6.82. The number of aromatic nitrogens is 3. The van der Waals surface area contributed by atoms with E-state index in [2.05, 4.69) is 5.10 Å². The molecule has 2 aromatic rings. The van der Waals surface area contributed by atoms with Crippen LogP contribution < -0.4 is 5.56 Å². The molecular formula is C15H19N3O3. The Morgan fingerprint density at radius 2 is 1.95 bits per heavy atom. The summed E-state index contributed by atoms with van der Waals surface area (Å²) in [5.74, 6) is -1.19. The number of nitrogens with zero attached hydrogens (tertiary/aromatic N) is 3. The Bertz CT molecular complexity index is 756. The predicted molar refractivity (Wildman–Crippen MR) is 78.9 cm³/mol. The second-order valence-electron chi connectivity index (χ2n) is 5.13. The van der Waals surface area contributed by atoms with Crippen LogP contribution in [-0.4, -0.2) is 25.4 Å². The van der Waals surface area contributed by atoms with Crippen LogP contribution in [0.5, 0.6) is 0 Å². The minimum atomic E-state index is -1.19. The highest BCUT2D eigenvalue weighted by Crippen LogP contribution is 2.10. The molecule has 0 unspecified atom stereocenters. The molecule has 0 atom stereocenters. The summed E-state index contributed by atoms with van der Waals surface area (Å²) in [5, 5.41) is 13.5. The Hall–Kier alpha value is -2.37. The van der Waals surface area contributed by atoms with Gasteiger partial charge in [-0.1, -0.05) is 0 Å². The van der Waals surface area contributed by atoms with E-state index in [1.165, 1.54) is 4.57 Å². The largest absolute Gasteiger partial charge is 0.477 e. The first-order valence-electron chi connectivity index (χ1n) is 6.82. The monoisotopic (exact) mass is 289 g/mol. The highest BCUT2D eigenvalue weighted by Gasteiger charge is 2.17. The van der Waals surface area contributed by atoms with Crippen molar-refractivity contribution in [2.24, 2.45) is 0 Å². The number of pyridine rings is 1. The van der Waals surface area contributed by atoms with E-state index in [0.29, 0.717) is 18.7 Å². The summed E-state index contributed by atoms with van der Waals surface area (Å²) in [4.78, 5) is 23.7. The van der Waals surface area contributed by atoms with Crippen molar-refractivity contribution in [3.8, 4) is 0 Å². The zero-order valence-corrected chi connectivity index (χ0v) is 12.7. The summed E-state index contributed by atoms with van der Waals surface area (Å²) in [6, 6.07) is 3.64. The number of carboxylic acid groups (broad SMARTS) is 1. The van der Waals surface area contributed by atoms with Crippen molar-refractivity contribution in [2.45, 2.75) is 40.8 Å². The fourth-order valence-electron chi connectivity index (χ4n) is 2.55. The smallest absolute Gasteiger partial charge is 0.341 e. The molecule has 2 aromatic heterocycles. The molecule has 0 bridgehead atoms. The molecular weight excluding hydrogens is 270 g/mol. The number of hydrogen-bond acceptors (Lipinski definition) is 3. The lowest BCUT2D eigenvalue weighted by molar-refractivity contribution is 0.0693.